The van der Waals surface area contributed by atoms with Crippen molar-refractivity contribution in [1.82, 2.24) is 14.7 Å². The number of benzene rings is 2. The van der Waals surface area contributed by atoms with E-state index in [0.717, 1.165) is 10.9 Å². The van der Waals surface area contributed by atoms with Crippen LogP contribution < -0.4 is 0 Å². The highest BCUT2D eigenvalue weighted by atomic mass is 19.1. The number of hydrogen-bond donors (Lipinski definition) is 1. The van der Waals surface area contributed by atoms with Crippen molar-refractivity contribution in [3.8, 4) is 16.9 Å². The summed E-state index contributed by atoms with van der Waals surface area (Å²) in [6.45, 7) is 4.68. The molecule has 2 heterocycles. The number of aromatic nitrogens is 2. The number of carbonyl (C=O) groups is 1. The van der Waals surface area contributed by atoms with Crippen LogP contribution in [0.5, 0.6) is 5.75 Å². The maximum atomic E-state index is 14.1. The van der Waals surface area contributed by atoms with Crippen LogP contribution in [0.1, 0.15) is 6.04 Å². The third-order valence-electron chi connectivity index (χ3n) is 4.53. The van der Waals surface area contributed by atoms with Crippen molar-refractivity contribution < 1.29 is 14.3 Å². The number of hydrogen-bond acceptors (Lipinski definition) is 3. The van der Waals surface area contributed by atoms with E-state index in [4.69, 9.17) is 0 Å². The lowest BCUT2D eigenvalue weighted by molar-refractivity contribution is -0.131. The summed E-state index contributed by atoms with van der Waals surface area (Å²) in [5.74, 6) is -0.640. The predicted octanol–water partition coefficient (Wildman–Crippen LogP) is 3.12. The van der Waals surface area contributed by atoms with E-state index in [1.807, 2.05) is 16.9 Å². The highest BCUT2D eigenvalue weighted by Gasteiger charge is 2.31. The summed E-state index contributed by atoms with van der Waals surface area (Å²) in [4.78, 5) is 13.2. The summed E-state index contributed by atoms with van der Waals surface area (Å²) in [7, 11) is 0. The number of carbonyl (C=O) groups excluding carboxylic acids is 1. The number of phenolic OH excluding ortho intramolecular Hbond substituents is 1. The molecule has 1 aromatic heterocycles. The molecule has 0 bridgehead atoms. The van der Waals surface area contributed by atoms with Crippen LogP contribution in [-0.4, -0.2) is 38.8 Å². The first-order chi connectivity index (χ1) is 12.1. The van der Waals surface area contributed by atoms with Gasteiger partial charge in [0.25, 0.3) is 0 Å². The molecule has 1 saturated heterocycles. The molecule has 0 atom stereocenters. The first kappa shape index (κ1) is 15.4. The fraction of sp³-hybridized carbons (Fsp3) is 0.158. The molecular weight excluding hydrogens is 321 g/mol. The first-order valence-corrected chi connectivity index (χ1v) is 7.95. The van der Waals surface area contributed by atoms with Gasteiger partial charge >= 0.3 is 0 Å². The van der Waals surface area contributed by atoms with Crippen molar-refractivity contribution >= 4 is 16.8 Å². The van der Waals surface area contributed by atoms with Crippen LogP contribution in [-0.2, 0) is 4.79 Å². The molecule has 0 saturated carbocycles. The van der Waals surface area contributed by atoms with Crippen molar-refractivity contribution in [1.29, 1.82) is 0 Å². The Labute approximate surface area is 143 Å². The second kappa shape index (κ2) is 5.73. The highest BCUT2D eigenvalue weighted by Crippen LogP contribution is 2.33. The van der Waals surface area contributed by atoms with E-state index in [-0.39, 0.29) is 23.3 Å². The fourth-order valence-electron chi connectivity index (χ4n) is 3.12. The second-order valence-electron chi connectivity index (χ2n) is 6.12. The zero-order chi connectivity index (χ0) is 17.6. The lowest BCUT2D eigenvalue weighted by Crippen LogP contribution is -2.50. The van der Waals surface area contributed by atoms with Gasteiger partial charge in [-0.25, -0.2) is 4.39 Å². The van der Waals surface area contributed by atoms with Crippen molar-refractivity contribution in [2.45, 2.75) is 6.04 Å². The summed E-state index contributed by atoms with van der Waals surface area (Å²) < 4.78 is 15.9. The molecule has 6 heteroatoms. The van der Waals surface area contributed by atoms with Crippen molar-refractivity contribution in [3.05, 3.63) is 61.1 Å². The maximum absolute atomic E-state index is 14.1. The number of likely N-dealkylation sites (tertiary alicyclic amines) is 1. The molecule has 0 radical (unpaired) electrons. The van der Waals surface area contributed by atoms with Crippen LogP contribution in [0, 0.1) is 5.82 Å². The molecule has 126 valence electrons. The summed E-state index contributed by atoms with van der Waals surface area (Å²) in [6.07, 6.45) is 3.19. The van der Waals surface area contributed by atoms with E-state index in [1.54, 1.807) is 17.0 Å². The molecule has 0 spiro atoms. The number of aromatic hydroxyl groups is 1. The summed E-state index contributed by atoms with van der Waals surface area (Å²) >= 11 is 0. The lowest BCUT2D eigenvalue weighted by Gasteiger charge is -2.38. The number of rotatable bonds is 3. The Kier molecular flexibility index (Phi) is 3.53. The maximum Gasteiger partial charge on any atom is 0.246 e. The third-order valence-corrected chi connectivity index (χ3v) is 4.53. The lowest BCUT2D eigenvalue weighted by atomic mass is 10.0. The minimum Gasteiger partial charge on any atom is -0.507 e. The molecule has 1 aliphatic rings. The highest BCUT2D eigenvalue weighted by molar-refractivity contribution is 5.88. The van der Waals surface area contributed by atoms with Gasteiger partial charge < -0.3 is 10.0 Å². The molecule has 25 heavy (non-hydrogen) atoms. The monoisotopic (exact) mass is 337 g/mol. The largest absolute Gasteiger partial charge is 0.507 e. The smallest absolute Gasteiger partial charge is 0.246 e. The van der Waals surface area contributed by atoms with Gasteiger partial charge in [0.05, 0.1) is 17.1 Å². The minimum atomic E-state index is -0.468. The molecule has 4 rings (SSSR count). The second-order valence-corrected chi connectivity index (χ2v) is 6.12. The number of halogens is 1. The van der Waals surface area contributed by atoms with Gasteiger partial charge in [-0.1, -0.05) is 18.7 Å². The zero-order valence-electron chi connectivity index (χ0n) is 13.4. The molecule has 5 nitrogen and oxygen atoms in total. The Morgan fingerprint density at radius 3 is 2.84 bits per heavy atom. The molecule has 2 aromatic carbocycles. The average molecular weight is 337 g/mol. The van der Waals surface area contributed by atoms with Crippen molar-refractivity contribution in [2.75, 3.05) is 13.1 Å². The van der Waals surface area contributed by atoms with Gasteiger partial charge in [-0.05, 0) is 35.9 Å². The Morgan fingerprint density at radius 2 is 2.12 bits per heavy atom. The van der Waals surface area contributed by atoms with Crippen LogP contribution in [0.25, 0.3) is 22.0 Å². The van der Waals surface area contributed by atoms with E-state index in [1.165, 1.54) is 24.3 Å². The Bertz CT molecular complexity index is 969. The van der Waals surface area contributed by atoms with Crippen LogP contribution in [0.2, 0.25) is 0 Å². The van der Waals surface area contributed by atoms with Gasteiger partial charge in [0.1, 0.15) is 11.6 Å². The van der Waals surface area contributed by atoms with Crippen LogP contribution >= 0.6 is 0 Å². The van der Waals surface area contributed by atoms with Gasteiger partial charge in [0.2, 0.25) is 5.91 Å². The number of amides is 1. The van der Waals surface area contributed by atoms with Gasteiger partial charge in [0.15, 0.2) is 0 Å². The molecule has 0 unspecified atom stereocenters. The van der Waals surface area contributed by atoms with E-state index in [2.05, 4.69) is 11.7 Å². The standard InChI is InChI=1S/C19H16FN3O2/c1-2-18(25)22-10-14(11-22)23-9-13-8-12(6-7-16(13)21-23)19-15(20)4-3-5-17(19)24/h2-9,14,24H,1,10-11H2. The zero-order valence-corrected chi connectivity index (χ0v) is 13.4. The summed E-state index contributed by atoms with van der Waals surface area (Å²) in [6, 6.07) is 9.74. The van der Waals surface area contributed by atoms with E-state index < -0.39 is 5.82 Å². The molecule has 1 fully saturated rings. The van der Waals surface area contributed by atoms with Crippen molar-refractivity contribution in [3.63, 3.8) is 0 Å². The molecule has 1 amide bonds. The molecule has 3 aromatic rings. The SMILES string of the molecule is C=CC(=O)N1CC(n2cc3cc(-c4c(O)cccc4F)ccc3n2)C1. The quantitative estimate of drug-likeness (QED) is 0.747. The van der Waals surface area contributed by atoms with E-state index in [9.17, 15) is 14.3 Å². The van der Waals surface area contributed by atoms with Gasteiger partial charge in [0, 0.05) is 24.7 Å². The molecule has 1 N–H and O–H groups in total. The summed E-state index contributed by atoms with van der Waals surface area (Å²) in [5.41, 5.74) is 1.57. The Balaban J connectivity index is 1.65. The van der Waals surface area contributed by atoms with Crippen LogP contribution in [0.15, 0.2) is 55.3 Å². The first-order valence-electron chi connectivity index (χ1n) is 7.95. The molecular formula is C19H16FN3O2. The number of phenols is 1. The normalized spacial score (nSPS) is 14.5. The van der Waals surface area contributed by atoms with Gasteiger partial charge in [-0.3, -0.25) is 9.48 Å². The predicted molar refractivity (Wildman–Crippen MR) is 92.6 cm³/mol. The molecule has 1 aliphatic heterocycles. The topological polar surface area (TPSA) is 58.4 Å². The Hall–Kier alpha value is -3.15. The Morgan fingerprint density at radius 1 is 1.32 bits per heavy atom. The third kappa shape index (κ3) is 2.55. The van der Waals surface area contributed by atoms with E-state index >= 15 is 0 Å². The minimum absolute atomic E-state index is 0.0784. The molecule has 0 aliphatic carbocycles. The fourth-order valence-corrected chi connectivity index (χ4v) is 3.12. The van der Waals surface area contributed by atoms with Crippen LogP contribution in [0.4, 0.5) is 4.39 Å². The average Bonchev–Trinajstić information content (AvgIpc) is 2.95. The van der Waals surface area contributed by atoms with Crippen molar-refractivity contribution in [2.24, 2.45) is 0 Å². The van der Waals surface area contributed by atoms with Crippen LogP contribution in [0.3, 0.4) is 0 Å². The number of fused-ring (bicyclic) bond motifs is 1. The number of nitrogens with zero attached hydrogens (tertiary/aromatic N) is 3. The van der Waals surface area contributed by atoms with E-state index in [0.29, 0.717) is 18.7 Å². The van der Waals surface area contributed by atoms with Gasteiger partial charge in [-0.15, -0.1) is 0 Å². The van der Waals surface area contributed by atoms with Gasteiger partial charge in [-0.2, -0.15) is 5.10 Å². The summed E-state index contributed by atoms with van der Waals surface area (Å²) in [5, 5.41) is 15.3.